The molecule has 1 heterocycles. The van der Waals surface area contributed by atoms with Crippen molar-refractivity contribution in [3.63, 3.8) is 0 Å². The summed E-state index contributed by atoms with van der Waals surface area (Å²) in [7, 11) is -3.86. The number of amides is 1. The van der Waals surface area contributed by atoms with Crippen LogP contribution < -0.4 is 0 Å². The van der Waals surface area contributed by atoms with Gasteiger partial charge in [0.2, 0.25) is 15.9 Å². The van der Waals surface area contributed by atoms with E-state index < -0.39 is 10.0 Å². The van der Waals surface area contributed by atoms with Crippen LogP contribution >= 0.6 is 27.5 Å². The molecule has 0 unspecified atom stereocenters. The van der Waals surface area contributed by atoms with Crippen LogP contribution in [0.2, 0.25) is 5.02 Å². The third-order valence-corrected chi connectivity index (χ3v) is 7.48. The van der Waals surface area contributed by atoms with Gasteiger partial charge in [0.25, 0.3) is 0 Å². The molecular weight excluding hydrogens is 464 g/mol. The minimum absolute atomic E-state index is 0.0393. The number of carbonyl (C=O) groups excluding carboxylic acids is 1. The SMILES string of the molecule is O=C(CN(Cc1ccccc1Cl)S(=O)(=O)c1ccc(Br)cc1)N1CCCCC1. The van der Waals surface area contributed by atoms with Crippen LogP contribution in [0.15, 0.2) is 57.9 Å². The van der Waals surface area contributed by atoms with Gasteiger partial charge in [-0.05, 0) is 55.2 Å². The predicted molar refractivity (Wildman–Crippen MR) is 114 cm³/mol. The number of hydrogen-bond donors (Lipinski definition) is 0. The van der Waals surface area contributed by atoms with Gasteiger partial charge in [-0.15, -0.1) is 0 Å². The number of rotatable bonds is 6. The van der Waals surface area contributed by atoms with E-state index in [1.807, 2.05) is 0 Å². The van der Waals surface area contributed by atoms with Gasteiger partial charge in [0.1, 0.15) is 0 Å². The summed E-state index contributed by atoms with van der Waals surface area (Å²) in [5.41, 5.74) is 0.663. The third kappa shape index (κ3) is 5.14. The maximum atomic E-state index is 13.3. The number of sulfonamides is 1. The fraction of sp³-hybridized carbons (Fsp3) is 0.350. The maximum Gasteiger partial charge on any atom is 0.243 e. The molecule has 0 atom stereocenters. The van der Waals surface area contributed by atoms with Crippen molar-refractivity contribution in [2.24, 2.45) is 0 Å². The molecule has 0 bridgehead atoms. The van der Waals surface area contributed by atoms with Gasteiger partial charge in [0.15, 0.2) is 0 Å². The Bertz CT molecular complexity index is 929. The lowest BCUT2D eigenvalue weighted by Crippen LogP contribution is -2.44. The van der Waals surface area contributed by atoms with Crippen LogP contribution in [-0.4, -0.2) is 43.2 Å². The number of nitrogens with zero attached hydrogens (tertiary/aromatic N) is 2. The summed E-state index contributed by atoms with van der Waals surface area (Å²) in [5, 5.41) is 0.476. The van der Waals surface area contributed by atoms with E-state index in [4.69, 9.17) is 11.6 Å². The summed E-state index contributed by atoms with van der Waals surface area (Å²) in [6, 6.07) is 13.5. The second-order valence-electron chi connectivity index (χ2n) is 6.76. The topological polar surface area (TPSA) is 57.7 Å². The number of likely N-dealkylation sites (tertiary alicyclic amines) is 1. The van der Waals surface area contributed by atoms with Gasteiger partial charge >= 0.3 is 0 Å². The van der Waals surface area contributed by atoms with E-state index >= 15 is 0 Å². The smallest absolute Gasteiger partial charge is 0.243 e. The van der Waals surface area contributed by atoms with Gasteiger partial charge in [-0.2, -0.15) is 4.31 Å². The van der Waals surface area contributed by atoms with Crippen molar-refractivity contribution in [3.05, 3.63) is 63.6 Å². The van der Waals surface area contributed by atoms with Crippen molar-refractivity contribution in [1.29, 1.82) is 0 Å². The van der Waals surface area contributed by atoms with Gasteiger partial charge in [-0.25, -0.2) is 8.42 Å². The van der Waals surface area contributed by atoms with E-state index in [1.165, 1.54) is 16.4 Å². The van der Waals surface area contributed by atoms with E-state index in [2.05, 4.69) is 15.9 Å². The number of carbonyl (C=O) groups is 1. The summed E-state index contributed by atoms with van der Waals surface area (Å²) in [6.45, 7) is 1.19. The minimum Gasteiger partial charge on any atom is -0.342 e. The monoisotopic (exact) mass is 484 g/mol. The summed E-state index contributed by atoms with van der Waals surface area (Å²) in [6.07, 6.45) is 3.01. The molecule has 2 aromatic carbocycles. The quantitative estimate of drug-likeness (QED) is 0.613. The van der Waals surface area contributed by atoms with E-state index in [1.54, 1.807) is 41.3 Å². The van der Waals surface area contributed by atoms with Crippen LogP contribution in [0, 0.1) is 0 Å². The summed E-state index contributed by atoms with van der Waals surface area (Å²) >= 11 is 9.57. The first kappa shape index (κ1) is 21.3. The van der Waals surface area contributed by atoms with Crippen LogP contribution in [0.1, 0.15) is 24.8 Å². The molecule has 0 saturated carbocycles. The third-order valence-electron chi connectivity index (χ3n) is 4.78. The highest BCUT2D eigenvalue weighted by molar-refractivity contribution is 9.10. The van der Waals surface area contributed by atoms with Crippen LogP contribution in [0.4, 0.5) is 0 Å². The van der Waals surface area contributed by atoms with Crippen LogP contribution in [0.5, 0.6) is 0 Å². The second-order valence-corrected chi connectivity index (χ2v) is 10.0. The molecule has 8 heteroatoms. The molecule has 0 spiro atoms. The highest BCUT2D eigenvalue weighted by atomic mass is 79.9. The van der Waals surface area contributed by atoms with Crippen molar-refractivity contribution < 1.29 is 13.2 Å². The van der Waals surface area contributed by atoms with Crippen LogP contribution in [0.3, 0.4) is 0 Å². The molecule has 28 heavy (non-hydrogen) atoms. The standard InChI is InChI=1S/C20H22BrClN2O3S/c21-17-8-10-18(11-9-17)28(26,27)24(14-16-6-2-3-7-19(16)22)15-20(25)23-12-4-1-5-13-23/h2-3,6-11H,1,4-5,12-15H2. The Labute approximate surface area is 179 Å². The molecule has 3 rings (SSSR count). The number of benzene rings is 2. The normalized spacial score (nSPS) is 15.0. The Morgan fingerprint density at radius 1 is 1.04 bits per heavy atom. The Hall–Kier alpha value is -1.41. The van der Waals surface area contributed by atoms with E-state index in [0.717, 1.165) is 23.7 Å². The molecule has 1 saturated heterocycles. The molecule has 0 radical (unpaired) electrons. The molecular formula is C20H22BrClN2O3S. The van der Waals surface area contributed by atoms with Crippen molar-refractivity contribution in [3.8, 4) is 0 Å². The lowest BCUT2D eigenvalue weighted by atomic mass is 10.1. The highest BCUT2D eigenvalue weighted by Crippen LogP contribution is 2.24. The summed E-state index contributed by atoms with van der Waals surface area (Å²) in [4.78, 5) is 14.7. The van der Waals surface area contributed by atoms with Gasteiger partial charge in [0, 0.05) is 29.1 Å². The summed E-state index contributed by atoms with van der Waals surface area (Å²) in [5.74, 6) is -0.174. The molecule has 0 aliphatic carbocycles. The van der Waals surface area contributed by atoms with Crippen LogP contribution in [-0.2, 0) is 21.4 Å². The van der Waals surface area contributed by atoms with E-state index in [0.29, 0.717) is 23.7 Å². The zero-order valence-corrected chi connectivity index (χ0v) is 18.5. The summed E-state index contributed by atoms with van der Waals surface area (Å²) < 4.78 is 28.6. The first-order chi connectivity index (χ1) is 13.4. The average molecular weight is 486 g/mol. The van der Waals surface area contributed by atoms with Crippen molar-refractivity contribution in [2.45, 2.75) is 30.7 Å². The Morgan fingerprint density at radius 3 is 2.32 bits per heavy atom. The van der Waals surface area contributed by atoms with Crippen molar-refractivity contribution in [2.75, 3.05) is 19.6 Å². The largest absolute Gasteiger partial charge is 0.342 e. The van der Waals surface area contributed by atoms with Crippen LogP contribution in [0.25, 0.3) is 0 Å². The highest BCUT2D eigenvalue weighted by Gasteiger charge is 2.29. The zero-order chi connectivity index (χ0) is 20.1. The molecule has 150 valence electrons. The van der Waals surface area contributed by atoms with Gasteiger partial charge < -0.3 is 4.90 Å². The Balaban J connectivity index is 1.90. The number of hydrogen-bond acceptors (Lipinski definition) is 3. The van der Waals surface area contributed by atoms with Crippen molar-refractivity contribution >= 4 is 43.5 Å². The zero-order valence-electron chi connectivity index (χ0n) is 15.4. The molecule has 5 nitrogen and oxygen atoms in total. The average Bonchev–Trinajstić information content (AvgIpc) is 2.70. The fourth-order valence-electron chi connectivity index (χ4n) is 3.19. The molecule has 1 aliphatic rings. The predicted octanol–water partition coefficient (Wildman–Crippen LogP) is 4.31. The molecule has 0 aromatic heterocycles. The molecule has 1 aliphatic heterocycles. The molecule has 1 amide bonds. The van der Waals surface area contributed by atoms with E-state index in [-0.39, 0.29) is 23.9 Å². The first-order valence-corrected chi connectivity index (χ1v) is 11.8. The van der Waals surface area contributed by atoms with E-state index in [9.17, 15) is 13.2 Å². The second kappa shape index (κ2) is 9.39. The fourth-order valence-corrected chi connectivity index (χ4v) is 5.02. The molecule has 2 aromatic rings. The lowest BCUT2D eigenvalue weighted by Gasteiger charge is -2.30. The Kier molecular flexibility index (Phi) is 7.15. The molecule has 0 N–H and O–H groups in total. The maximum absolute atomic E-state index is 13.3. The number of halogens is 2. The van der Waals surface area contributed by atoms with Gasteiger partial charge in [-0.3, -0.25) is 4.79 Å². The molecule has 1 fully saturated rings. The van der Waals surface area contributed by atoms with Gasteiger partial charge in [-0.1, -0.05) is 45.7 Å². The van der Waals surface area contributed by atoms with Gasteiger partial charge in [0.05, 0.1) is 11.4 Å². The number of piperidine rings is 1. The van der Waals surface area contributed by atoms with Crippen molar-refractivity contribution in [1.82, 2.24) is 9.21 Å². The minimum atomic E-state index is -3.86. The lowest BCUT2D eigenvalue weighted by molar-refractivity contribution is -0.132. The first-order valence-electron chi connectivity index (χ1n) is 9.15. The Morgan fingerprint density at radius 2 is 1.68 bits per heavy atom.